The van der Waals surface area contributed by atoms with Crippen LogP contribution in [0, 0.1) is 0 Å². The van der Waals surface area contributed by atoms with Crippen molar-refractivity contribution >= 4 is 34.2 Å². The molecule has 8 heteroatoms. The number of fused-ring (bicyclic) bond motifs is 1. The van der Waals surface area contributed by atoms with Crippen molar-refractivity contribution in [2.45, 2.75) is 0 Å². The Hall–Kier alpha value is -2.93. The largest absolute Gasteiger partial charge is 0.504 e. The van der Waals surface area contributed by atoms with Gasteiger partial charge in [0.15, 0.2) is 17.2 Å². The average molecular weight is 348 g/mol. The van der Waals surface area contributed by atoms with Crippen molar-refractivity contribution in [3.8, 4) is 17.2 Å². The lowest BCUT2D eigenvalue weighted by Crippen LogP contribution is -2.27. The highest BCUT2D eigenvalue weighted by Crippen LogP contribution is 2.38. The van der Waals surface area contributed by atoms with Crippen molar-refractivity contribution in [3.05, 3.63) is 41.2 Å². The van der Waals surface area contributed by atoms with Crippen LogP contribution in [0.25, 0.3) is 11.0 Å². The molecule has 0 spiro atoms. The summed E-state index contributed by atoms with van der Waals surface area (Å²) in [6.45, 7) is 0. The minimum atomic E-state index is -0.636. The van der Waals surface area contributed by atoms with Gasteiger partial charge in [0.2, 0.25) is 0 Å². The zero-order valence-electron chi connectivity index (χ0n) is 12.9. The number of halogens is 1. The van der Waals surface area contributed by atoms with Crippen LogP contribution < -0.4 is 4.90 Å². The summed E-state index contributed by atoms with van der Waals surface area (Å²) in [5.74, 6) is -2.05. The first-order valence-corrected chi connectivity index (χ1v) is 7.32. The van der Waals surface area contributed by atoms with Gasteiger partial charge in [-0.3, -0.25) is 4.79 Å². The van der Waals surface area contributed by atoms with Crippen LogP contribution in [0.2, 0.25) is 5.15 Å². The lowest BCUT2D eigenvalue weighted by atomic mass is 10.2. The maximum absolute atomic E-state index is 12.7. The number of hydrogen-bond acceptors (Lipinski definition) is 5. The molecule has 0 aliphatic heterocycles. The summed E-state index contributed by atoms with van der Waals surface area (Å²) in [4.78, 5) is 18.2. The molecule has 3 aromatic rings. The zero-order chi connectivity index (χ0) is 17.6. The Morgan fingerprint density at radius 2 is 1.79 bits per heavy atom. The lowest BCUT2D eigenvalue weighted by Gasteiger charge is -2.18. The van der Waals surface area contributed by atoms with Gasteiger partial charge in [-0.15, -0.1) is 0 Å². The van der Waals surface area contributed by atoms with Crippen molar-refractivity contribution in [2.75, 3.05) is 11.9 Å². The highest BCUT2D eigenvalue weighted by atomic mass is 35.5. The van der Waals surface area contributed by atoms with Gasteiger partial charge in [0, 0.05) is 26.2 Å². The number of aromatic hydroxyl groups is 3. The van der Waals surface area contributed by atoms with Crippen LogP contribution in [0.4, 0.5) is 5.69 Å². The number of rotatable bonds is 2. The summed E-state index contributed by atoms with van der Waals surface area (Å²) < 4.78 is 1.68. The smallest absolute Gasteiger partial charge is 0.274 e. The molecule has 124 valence electrons. The van der Waals surface area contributed by atoms with Crippen LogP contribution in [0.3, 0.4) is 0 Å². The lowest BCUT2D eigenvalue weighted by molar-refractivity contribution is 0.0985. The van der Waals surface area contributed by atoms with Gasteiger partial charge in [0.25, 0.3) is 5.91 Å². The molecule has 3 rings (SSSR count). The Morgan fingerprint density at radius 3 is 2.42 bits per heavy atom. The number of carbonyl (C=O) groups is 1. The summed E-state index contributed by atoms with van der Waals surface area (Å²) in [5.41, 5.74) is 1.91. The predicted octanol–water partition coefficient (Wildman–Crippen LogP) is 2.62. The molecular formula is C16H14ClN3O4. The summed E-state index contributed by atoms with van der Waals surface area (Å²) in [7, 11) is 3.22. The first-order valence-electron chi connectivity index (χ1n) is 6.94. The van der Waals surface area contributed by atoms with Gasteiger partial charge in [-0.2, -0.15) is 0 Å². The molecular weight excluding hydrogens is 334 g/mol. The van der Waals surface area contributed by atoms with Crippen molar-refractivity contribution in [1.29, 1.82) is 0 Å². The quantitative estimate of drug-likeness (QED) is 0.489. The van der Waals surface area contributed by atoms with Crippen molar-refractivity contribution < 1.29 is 20.1 Å². The molecule has 0 radical (unpaired) electrons. The van der Waals surface area contributed by atoms with E-state index in [0.29, 0.717) is 16.4 Å². The monoisotopic (exact) mass is 347 g/mol. The van der Waals surface area contributed by atoms with Crippen LogP contribution in [0.1, 0.15) is 10.5 Å². The molecule has 0 bridgehead atoms. The molecule has 0 saturated carbocycles. The van der Waals surface area contributed by atoms with Gasteiger partial charge < -0.3 is 24.8 Å². The second-order valence-electron chi connectivity index (χ2n) is 5.32. The average Bonchev–Trinajstić information content (AvgIpc) is 2.86. The molecule has 2 aromatic heterocycles. The highest BCUT2D eigenvalue weighted by Gasteiger charge is 2.21. The number of carbonyl (C=O) groups excluding carboxylic acids is 1. The van der Waals surface area contributed by atoms with Crippen LogP contribution >= 0.6 is 11.6 Å². The van der Waals surface area contributed by atoms with Crippen LogP contribution in [-0.2, 0) is 7.05 Å². The second-order valence-corrected chi connectivity index (χ2v) is 5.71. The number of aromatic nitrogens is 2. The fourth-order valence-corrected chi connectivity index (χ4v) is 2.62. The van der Waals surface area contributed by atoms with E-state index in [4.69, 9.17) is 11.6 Å². The summed E-state index contributed by atoms with van der Waals surface area (Å²) in [6.07, 6.45) is 0. The van der Waals surface area contributed by atoms with E-state index in [-0.39, 0.29) is 11.6 Å². The Labute approximate surface area is 142 Å². The van der Waals surface area contributed by atoms with Crippen molar-refractivity contribution in [1.82, 2.24) is 9.55 Å². The van der Waals surface area contributed by atoms with Gasteiger partial charge in [-0.25, -0.2) is 4.98 Å². The molecule has 0 aliphatic carbocycles. The fraction of sp³-hybridized carbons (Fsp3) is 0.125. The van der Waals surface area contributed by atoms with E-state index in [1.54, 1.807) is 29.8 Å². The Morgan fingerprint density at radius 1 is 1.17 bits per heavy atom. The van der Waals surface area contributed by atoms with E-state index in [1.165, 1.54) is 24.1 Å². The second kappa shape index (κ2) is 5.61. The molecule has 3 N–H and O–H groups in total. The predicted molar refractivity (Wildman–Crippen MR) is 89.9 cm³/mol. The third-order valence-corrected chi connectivity index (χ3v) is 4.04. The van der Waals surface area contributed by atoms with Crippen molar-refractivity contribution in [2.24, 2.45) is 7.05 Å². The summed E-state index contributed by atoms with van der Waals surface area (Å²) >= 11 is 5.87. The van der Waals surface area contributed by atoms with Gasteiger partial charge in [0.05, 0.1) is 16.7 Å². The standard InChI is InChI=1S/C16H14ClN3O4/c1-19(8-5-12(21)15(23)13(22)6-8)16(24)11-7-9-10(20(11)2)3-4-14(17)18-9/h3-7,21-23H,1-2H3. The fourth-order valence-electron chi connectivity index (χ4n) is 2.47. The van der Waals surface area contributed by atoms with Gasteiger partial charge in [-0.05, 0) is 18.2 Å². The third kappa shape index (κ3) is 2.48. The molecule has 1 amide bonds. The summed E-state index contributed by atoms with van der Waals surface area (Å²) in [6, 6.07) is 7.38. The molecule has 0 unspecified atom stereocenters. The van der Waals surface area contributed by atoms with Gasteiger partial charge in [-0.1, -0.05) is 11.6 Å². The molecule has 0 atom stereocenters. The SMILES string of the molecule is CN(C(=O)c1cc2nc(Cl)ccc2n1C)c1cc(O)c(O)c(O)c1. The molecule has 0 aliphatic rings. The van der Waals surface area contributed by atoms with E-state index in [0.717, 1.165) is 5.52 Å². The normalized spacial score (nSPS) is 11.0. The number of nitrogens with zero attached hydrogens (tertiary/aromatic N) is 3. The Balaban J connectivity index is 2.04. The van der Waals surface area contributed by atoms with Gasteiger partial charge >= 0.3 is 0 Å². The van der Waals surface area contributed by atoms with E-state index in [1.807, 2.05) is 0 Å². The molecule has 1 aromatic carbocycles. The van der Waals surface area contributed by atoms with E-state index < -0.39 is 17.2 Å². The van der Waals surface area contributed by atoms with E-state index in [9.17, 15) is 20.1 Å². The minimum absolute atomic E-state index is 0.226. The summed E-state index contributed by atoms with van der Waals surface area (Å²) in [5, 5.41) is 28.9. The number of phenols is 3. The minimum Gasteiger partial charge on any atom is -0.504 e. The number of benzene rings is 1. The Kier molecular flexibility index (Phi) is 3.73. The first-order chi connectivity index (χ1) is 11.3. The zero-order valence-corrected chi connectivity index (χ0v) is 13.6. The maximum atomic E-state index is 12.7. The van der Waals surface area contributed by atoms with E-state index in [2.05, 4.69) is 4.98 Å². The third-order valence-electron chi connectivity index (χ3n) is 3.83. The maximum Gasteiger partial charge on any atom is 0.274 e. The van der Waals surface area contributed by atoms with Crippen LogP contribution in [0.5, 0.6) is 17.2 Å². The van der Waals surface area contributed by atoms with Crippen LogP contribution in [0.15, 0.2) is 30.3 Å². The highest BCUT2D eigenvalue weighted by molar-refractivity contribution is 6.29. The Bertz CT molecular complexity index is 944. The number of phenolic OH excluding ortho intramolecular Hbond substituents is 3. The molecule has 0 fully saturated rings. The van der Waals surface area contributed by atoms with Gasteiger partial charge in [0.1, 0.15) is 10.8 Å². The molecule has 2 heterocycles. The number of pyridine rings is 1. The number of anilines is 1. The van der Waals surface area contributed by atoms with Crippen molar-refractivity contribution in [3.63, 3.8) is 0 Å². The number of aryl methyl sites for hydroxylation is 1. The first kappa shape index (κ1) is 15.9. The number of amides is 1. The number of hydrogen-bond donors (Lipinski definition) is 3. The molecule has 7 nitrogen and oxygen atoms in total. The molecule has 24 heavy (non-hydrogen) atoms. The van der Waals surface area contributed by atoms with Crippen LogP contribution in [-0.4, -0.2) is 37.8 Å². The molecule has 0 saturated heterocycles. The topological polar surface area (TPSA) is 98.8 Å². The van der Waals surface area contributed by atoms with E-state index >= 15 is 0 Å².